The van der Waals surface area contributed by atoms with Crippen molar-refractivity contribution in [1.82, 2.24) is 63.4 Å². The van der Waals surface area contributed by atoms with E-state index in [9.17, 15) is 58.2 Å². The topological polar surface area (TPSA) is 669 Å². The molecule has 1 unspecified atom stereocenters. The van der Waals surface area contributed by atoms with E-state index in [0.29, 0.717) is 55.5 Å². The van der Waals surface area contributed by atoms with Crippen molar-refractivity contribution in [3.63, 3.8) is 0 Å². The number of unbranched alkanes of at least 4 members (excludes halogenated alkanes) is 2. The van der Waals surface area contributed by atoms with Crippen molar-refractivity contribution >= 4 is 106 Å². The van der Waals surface area contributed by atoms with Crippen LogP contribution >= 0.6 is 11.8 Å². The van der Waals surface area contributed by atoms with Crippen molar-refractivity contribution in [2.24, 2.45) is 84.3 Å². The van der Waals surface area contributed by atoms with Crippen LogP contribution in [0.4, 0.5) is 0 Å². The number of carboxylic acid groups (broad SMARTS) is 1. The van der Waals surface area contributed by atoms with Crippen molar-refractivity contribution in [1.29, 1.82) is 0 Å². The largest absolute Gasteiger partial charge is 0.508 e. The molecule has 1 aliphatic rings. The Bertz CT molecular complexity index is 3620. The van der Waals surface area contributed by atoms with E-state index in [2.05, 4.69) is 73.5 Å². The van der Waals surface area contributed by atoms with Crippen LogP contribution in [0, 0.1) is 17.8 Å². The number of aliphatic imine (C=N–C) groups is 3. The molecule has 13 atom stereocenters. The highest BCUT2D eigenvalue weighted by Gasteiger charge is 2.42. The summed E-state index contributed by atoms with van der Waals surface area (Å²) in [6.45, 7) is 10.6. The number of phenols is 1. The molecule has 1 heterocycles. The number of nitrogens with one attached hydrogen (secondary N) is 11. The number of amides is 12. The standard InChI is InChI=1S/C78H132N24O15S/c1-8-47(6)63(73(114)97-56(26-18-37-90-78(86)87)74(115)102-38-19-27-61(102)72(113)96-52(22-12-14-33-79)67(108)99-59(41-46(4)5)70(111)98-57(75(116)117)23-13-15-34-80)101-68(109)54(25-17-36-89-77(84)85)94-66(107)53(24-16-35-88-76(82)83)95-69(110)58(40-45(2)3)100-71(112)60(43-48-20-10-9-11-21-48)92-62(104)44-91-65(106)55(32-39-118-7)93-64(105)51(81)42-49-28-30-50(103)31-29-49/h9-11,20-21,28-31,45-47,51-61,63,103H,8,12-19,22-27,32-44,79-81H2,1-7H3,(H,91,106)(H,92,104)(H,93,105)(H,94,107)(H,95,110)(H,96,113)(H,97,114)(H,98,111)(H,99,108)(H,100,112)(H,101,109)(H,116,117)(H4,82,83,88)(H4,84,85,89)(H4,86,87,90)/t47?,51-,52-,53-,54-,55+,56-,57-,58-,59-,60-,61-,63-/m0/s1. The number of guanidine groups is 3. The fourth-order valence-electron chi connectivity index (χ4n) is 12.9. The minimum absolute atomic E-state index is 0.00733. The Morgan fingerprint density at radius 3 is 1.39 bits per heavy atom. The summed E-state index contributed by atoms with van der Waals surface area (Å²) in [6.07, 6.45) is 4.63. The van der Waals surface area contributed by atoms with Gasteiger partial charge in [-0.25, -0.2) is 4.79 Å². The van der Waals surface area contributed by atoms with Crippen molar-refractivity contribution in [3.05, 3.63) is 65.7 Å². The van der Waals surface area contributed by atoms with Gasteiger partial charge in [-0.15, -0.1) is 0 Å². The summed E-state index contributed by atoms with van der Waals surface area (Å²) in [5, 5.41) is 49.5. The number of rotatable bonds is 57. The van der Waals surface area contributed by atoms with Gasteiger partial charge in [-0.3, -0.25) is 72.5 Å². The van der Waals surface area contributed by atoms with Crippen LogP contribution < -0.4 is 110 Å². The first-order valence-corrected chi connectivity index (χ1v) is 41.9. The molecule has 3 rings (SSSR count). The highest BCUT2D eigenvalue weighted by atomic mass is 32.2. The molecule has 0 spiro atoms. The number of likely N-dealkylation sites (tertiary alicyclic amines) is 1. The molecule has 0 bridgehead atoms. The molecule has 2 aromatic rings. The van der Waals surface area contributed by atoms with Crippen LogP contribution in [-0.4, -0.2) is 240 Å². The predicted molar refractivity (Wildman–Crippen MR) is 452 cm³/mol. The van der Waals surface area contributed by atoms with Crippen molar-refractivity contribution in [2.75, 3.05) is 57.8 Å². The molecule has 118 heavy (non-hydrogen) atoms. The minimum atomic E-state index is -1.49. The van der Waals surface area contributed by atoms with E-state index in [0.717, 1.165) is 0 Å². The van der Waals surface area contributed by atoms with Gasteiger partial charge in [0.2, 0.25) is 70.9 Å². The van der Waals surface area contributed by atoms with E-state index in [1.54, 1.807) is 70.2 Å². The second-order valence-corrected chi connectivity index (χ2v) is 31.3. The first-order chi connectivity index (χ1) is 56.0. The number of thioether (sulfide) groups is 1. The third kappa shape index (κ3) is 39.1. The number of phenolic OH excluding ortho intramolecular Hbond substituents is 1. The summed E-state index contributed by atoms with van der Waals surface area (Å²) >= 11 is 1.42. The summed E-state index contributed by atoms with van der Waals surface area (Å²) in [5.41, 5.74) is 52.9. The van der Waals surface area contributed by atoms with Gasteiger partial charge in [0.1, 0.15) is 72.2 Å². The summed E-state index contributed by atoms with van der Waals surface area (Å²) in [7, 11) is 0. The third-order valence-electron chi connectivity index (χ3n) is 19.5. The average molecular weight is 1680 g/mol. The van der Waals surface area contributed by atoms with Crippen molar-refractivity contribution in [3.8, 4) is 5.75 Å². The number of carbonyl (C=O) groups excluding carboxylic acids is 12. The van der Waals surface area contributed by atoms with Gasteiger partial charge in [0.15, 0.2) is 17.9 Å². The van der Waals surface area contributed by atoms with Gasteiger partial charge in [-0.1, -0.05) is 90.4 Å². The third-order valence-corrected chi connectivity index (χ3v) is 20.1. The van der Waals surface area contributed by atoms with Gasteiger partial charge in [-0.05, 0) is 182 Å². The SMILES string of the molecule is CCC(C)[C@H](NC(=O)[C@H](CCCN=C(N)N)NC(=O)[C@H](CCCN=C(N)N)NC(=O)[C@H](CC(C)C)NC(=O)[C@H](Cc1ccccc1)NC(=O)CNC(=O)[C@@H](CCSC)NC(=O)[C@@H](N)Cc1ccc(O)cc1)C(=O)N[C@@H](CCCN=C(N)N)C(=O)N1CCC[C@H]1C(=O)N[C@@H](CCCCN)C(=O)N[C@@H](CC(C)C)C(=O)N[C@@H](CCCCN)C(=O)O. The molecule has 2 aromatic carbocycles. The second-order valence-electron chi connectivity index (χ2n) is 30.3. The van der Waals surface area contributed by atoms with E-state index in [4.69, 9.17) is 51.6 Å². The first kappa shape index (κ1) is 102. The quantitative estimate of drug-likeness (QED) is 0.0177. The monoisotopic (exact) mass is 1680 g/mol. The van der Waals surface area contributed by atoms with Crippen LogP contribution in [0.15, 0.2) is 69.6 Å². The van der Waals surface area contributed by atoms with E-state index >= 15 is 14.4 Å². The molecular formula is C78H132N24O15S. The molecule has 1 fully saturated rings. The maximum absolute atomic E-state index is 15.1. The number of carbonyl (C=O) groups is 13. The van der Waals surface area contributed by atoms with Crippen molar-refractivity contribution < 1.29 is 72.5 Å². The van der Waals surface area contributed by atoms with Gasteiger partial charge < -0.3 is 125 Å². The summed E-state index contributed by atoms with van der Waals surface area (Å²) < 4.78 is 0. The second kappa shape index (κ2) is 55.1. The van der Waals surface area contributed by atoms with Crippen LogP contribution in [0.25, 0.3) is 0 Å². The maximum Gasteiger partial charge on any atom is 0.326 e. The Labute approximate surface area is 695 Å². The molecule has 40 heteroatoms. The Kier molecular flexibility index (Phi) is 47.5. The molecular weight excluding hydrogens is 1550 g/mol. The van der Waals surface area contributed by atoms with Gasteiger partial charge in [0.25, 0.3) is 0 Å². The van der Waals surface area contributed by atoms with Gasteiger partial charge in [0, 0.05) is 32.6 Å². The zero-order chi connectivity index (χ0) is 88.0. The van der Waals surface area contributed by atoms with E-state index < -0.39 is 162 Å². The predicted octanol–water partition coefficient (Wildman–Crippen LogP) is -3.15. The van der Waals surface area contributed by atoms with Crippen LogP contribution in [0.5, 0.6) is 5.75 Å². The average Bonchev–Trinajstić information content (AvgIpc) is 1.64. The number of benzene rings is 2. The van der Waals surface area contributed by atoms with Crippen LogP contribution in [0.3, 0.4) is 0 Å². The highest BCUT2D eigenvalue weighted by molar-refractivity contribution is 7.98. The lowest BCUT2D eigenvalue weighted by Crippen LogP contribution is -2.61. The van der Waals surface area contributed by atoms with Crippen LogP contribution in [0.2, 0.25) is 0 Å². The molecule has 0 aromatic heterocycles. The van der Waals surface area contributed by atoms with Crippen LogP contribution in [0.1, 0.15) is 168 Å². The molecule has 0 radical (unpaired) electrons. The van der Waals surface area contributed by atoms with Crippen LogP contribution in [-0.2, 0) is 75.2 Å². The zero-order valence-electron chi connectivity index (χ0n) is 69.3. The Hall–Kier alpha value is -10.6. The smallest absolute Gasteiger partial charge is 0.326 e. The Morgan fingerprint density at radius 2 is 0.907 bits per heavy atom. The van der Waals surface area contributed by atoms with Crippen molar-refractivity contribution in [2.45, 2.75) is 242 Å². The molecule has 0 saturated carbocycles. The van der Waals surface area contributed by atoms with Gasteiger partial charge in [-0.2, -0.15) is 11.8 Å². The number of nitrogens with zero attached hydrogens (tertiary/aromatic N) is 4. The van der Waals surface area contributed by atoms with E-state index in [1.165, 1.54) is 28.8 Å². The summed E-state index contributed by atoms with van der Waals surface area (Å²) in [4.78, 5) is 199. The molecule has 39 nitrogen and oxygen atoms in total. The number of aromatic hydroxyl groups is 1. The number of carboxylic acids is 1. The number of hydrogen-bond donors (Lipinski definition) is 22. The lowest BCUT2D eigenvalue weighted by atomic mass is 9.96. The van der Waals surface area contributed by atoms with Gasteiger partial charge >= 0.3 is 5.97 Å². The minimum Gasteiger partial charge on any atom is -0.508 e. The molecule has 31 N–H and O–H groups in total. The fourth-order valence-corrected chi connectivity index (χ4v) is 13.4. The maximum atomic E-state index is 15.1. The summed E-state index contributed by atoms with van der Waals surface area (Å²) in [5.74, 6) is -12.0. The number of hydrogen-bond acceptors (Lipinski definition) is 21. The Balaban J connectivity index is 2.00. The number of nitrogens with two attached hydrogens (primary N) is 9. The highest BCUT2D eigenvalue weighted by Crippen LogP contribution is 2.23. The molecule has 12 amide bonds. The fraction of sp³-hybridized carbons (Fsp3) is 0.641. The lowest BCUT2D eigenvalue weighted by molar-refractivity contribution is -0.143. The molecule has 0 aliphatic carbocycles. The Morgan fingerprint density at radius 1 is 0.483 bits per heavy atom. The molecule has 660 valence electrons. The first-order valence-electron chi connectivity index (χ1n) is 40.5. The number of aliphatic carboxylic acids is 1. The zero-order valence-corrected chi connectivity index (χ0v) is 70.1. The van der Waals surface area contributed by atoms with E-state index in [1.807, 2.05) is 20.1 Å². The normalized spacial score (nSPS) is 15.5. The molecule has 1 saturated heterocycles. The van der Waals surface area contributed by atoms with E-state index in [-0.39, 0.29) is 165 Å². The lowest BCUT2D eigenvalue weighted by Gasteiger charge is -2.32. The summed E-state index contributed by atoms with van der Waals surface area (Å²) in [6, 6.07) is -0.808. The molecule has 1 aliphatic heterocycles. The van der Waals surface area contributed by atoms with Gasteiger partial charge in [0.05, 0.1) is 12.6 Å².